The van der Waals surface area contributed by atoms with E-state index < -0.39 is 6.23 Å². The SMILES string of the molecule is CCCCOc1nc(N)c2nc(OC)n(Cc3ccc(OC(N)CCCC(=O)OC)nc3)c2n1. The van der Waals surface area contributed by atoms with Gasteiger partial charge in [-0.05, 0) is 24.8 Å². The molecule has 0 amide bonds. The van der Waals surface area contributed by atoms with Gasteiger partial charge in [-0.3, -0.25) is 15.1 Å². The van der Waals surface area contributed by atoms with Gasteiger partial charge in [0.05, 0.1) is 27.4 Å². The van der Waals surface area contributed by atoms with Crippen molar-refractivity contribution in [2.45, 2.75) is 51.8 Å². The third-order valence-corrected chi connectivity index (χ3v) is 4.99. The van der Waals surface area contributed by atoms with Crippen molar-refractivity contribution in [1.82, 2.24) is 24.5 Å². The van der Waals surface area contributed by atoms with Crippen molar-refractivity contribution in [1.29, 1.82) is 0 Å². The van der Waals surface area contributed by atoms with E-state index in [1.165, 1.54) is 14.2 Å². The van der Waals surface area contributed by atoms with Gasteiger partial charge in [0.25, 0.3) is 6.01 Å². The van der Waals surface area contributed by atoms with Crippen LogP contribution in [0.3, 0.4) is 0 Å². The second kappa shape index (κ2) is 12.0. The normalized spacial score (nSPS) is 11.9. The van der Waals surface area contributed by atoms with Crippen LogP contribution in [0.25, 0.3) is 11.2 Å². The van der Waals surface area contributed by atoms with E-state index in [1.54, 1.807) is 16.8 Å². The zero-order chi connectivity index (χ0) is 24.5. The molecule has 0 spiro atoms. The summed E-state index contributed by atoms with van der Waals surface area (Å²) in [5.74, 6) is 0.329. The molecule has 0 aliphatic heterocycles. The highest BCUT2D eigenvalue weighted by Gasteiger charge is 2.18. The lowest BCUT2D eigenvalue weighted by atomic mass is 10.2. The molecule has 0 saturated heterocycles. The number of anilines is 1. The third kappa shape index (κ3) is 6.44. The van der Waals surface area contributed by atoms with Crippen molar-refractivity contribution in [3.63, 3.8) is 0 Å². The second-order valence-corrected chi connectivity index (χ2v) is 7.58. The van der Waals surface area contributed by atoms with Gasteiger partial charge in [-0.25, -0.2) is 4.98 Å². The van der Waals surface area contributed by atoms with Crippen LogP contribution in [0.2, 0.25) is 0 Å². The summed E-state index contributed by atoms with van der Waals surface area (Å²) >= 11 is 0. The molecule has 3 aromatic heterocycles. The summed E-state index contributed by atoms with van der Waals surface area (Å²) in [5.41, 5.74) is 13.9. The molecule has 12 heteroatoms. The number of imidazole rings is 1. The van der Waals surface area contributed by atoms with Gasteiger partial charge in [-0.2, -0.15) is 15.0 Å². The lowest BCUT2D eigenvalue weighted by Gasteiger charge is -2.14. The van der Waals surface area contributed by atoms with Crippen molar-refractivity contribution in [2.24, 2.45) is 5.73 Å². The second-order valence-electron chi connectivity index (χ2n) is 7.58. The Hall–Kier alpha value is -3.67. The lowest BCUT2D eigenvalue weighted by molar-refractivity contribution is -0.140. The highest BCUT2D eigenvalue weighted by molar-refractivity contribution is 5.83. The van der Waals surface area contributed by atoms with E-state index in [0.29, 0.717) is 55.5 Å². The van der Waals surface area contributed by atoms with Crippen LogP contribution >= 0.6 is 0 Å². The Bertz CT molecular complexity index is 1090. The molecule has 0 aromatic carbocycles. The summed E-state index contributed by atoms with van der Waals surface area (Å²) in [6.07, 6.45) is 4.33. The Balaban J connectivity index is 1.71. The lowest BCUT2D eigenvalue weighted by Crippen LogP contribution is -2.27. The summed E-state index contributed by atoms with van der Waals surface area (Å²) in [6.45, 7) is 2.96. The first-order chi connectivity index (χ1) is 16.4. The van der Waals surface area contributed by atoms with Crippen molar-refractivity contribution >= 4 is 23.0 Å². The molecule has 12 nitrogen and oxygen atoms in total. The number of nitrogen functional groups attached to an aromatic ring is 1. The Morgan fingerprint density at radius 3 is 2.68 bits per heavy atom. The number of nitrogens with two attached hydrogens (primary N) is 2. The summed E-state index contributed by atoms with van der Waals surface area (Å²) in [4.78, 5) is 28.6. The minimum absolute atomic E-state index is 0.199. The monoisotopic (exact) mass is 473 g/mol. The van der Waals surface area contributed by atoms with Gasteiger partial charge in [-0.1, -0.05) is 19.4 Å². The fourth-order valence-corrected chi connectivity index (χ4v) is 3.17. The number of esters is 1. The summed E-state index contributed by atoms with van der Waals surface area (Å²) in [6, 6.07) is 4.13. The number of aromatic nitrogens is 5. The highest BCUT2D eigenvalue weighted by atomic mass is 16.5. The van der Waals surface area contributed by atoms with Gasteiger partial charge >= 0.3 is 12.0 Å². The molecule has 0 bridgehead atoms. The molecular formula is C22H31N7O5. The highest BCUT2D eigenvalue weighted by Crippen LogP contribution is 2.26. The minimum Gasteiger partial charge on any atom is -0.469 e. The Morgan fingerprint density at radius 2 is 2.00 bits per heavy atom. The maximum Gasteiger partial charge on any atom is 0.320 e. The molecule has 184 valence electrons. The van der Waals surface area contributed by atoms with E-state index in [0.717, 1.165) is 18.4 Å². The number of ether oxygens (including phenoxy) is 4. The Kier molecular flexibility index (Phi) is 8.79. The number of fused-ring (bicyclic) bond motifs is 1. The molecule has 3 heterocycles. The van der Waals surface area contributed by atoms with Gasteiger partial charge in [0.15, 0.2) is 17.0 Å². The quantitative estimate of drug-likeness (QED) is 0.212. The van der Waals surface area contributed by atoms with E-state index in [-0.39, 0.29) is 17.8 Å². The number of pyridine rings is 1. The topological polar surface area (TPSA) is 163 Å². The standard InChI is InChI=1S/C22H31N7O5/c1-4-5-11-33-21-27-19(24)18-20(28-21)29(22(26-18)32-3)13-14-9-10-16(25-12-14)34-15(23)7-6-8-17(30)31-2/h9-10,12,15H,4-8,11,13,23H2,1-3H3,(H2,24,27,28). The molecule has 34 heavy (non-hydrogen) atoms. The molecular weight excluding hydrogens is 442 g/mol. The average molecular weight is 474 g/mol. The van der Waals surface area contributed by atoms with Crippen LogP contribution in [-0.4, -0.2) is 57.5 Å². The molecule has 3 rings (SSSR count). The van der Waals surface area contributed by atoms with Crippen LogP contribution < -0.4 is 25.7 Å². The fourth-order valence-electron chi connectivity index (χ4n) is 3.17. The Morgan fingerprint density at radius 1 is 1.18 bits per heavy atom. The van der Waals surface area contributed by atoms with Crippen molar-refractivity contribution in [2.75, 3.05) is 26.6 Å². The number of nitrogens with zero attached hydrogens (tertiary/aromatic N) is 5. The van der Waals surface area contributed by atoms with E-state index in [2.05, 4.69) is 31.6 Å². The van der Waals surface area contributed by atoms with Gasteiger partial charge in [0.2, 0.25) is 5.88 Å². The number of methoxy groups -OCH3 is 2. The first kappa shape index (κ1) is 25.0. The van der Waals surface area contributed by atoms with Gasteiger partial charge < -0.3 is 24.7 Å². The zero-order valence-corrected chi connectivity index (χ0v) is 19.7. The molecule has 0 radical (unpaired) electrons. The first-order valence-electron chi connectivity index (χ1n) is 11.1. The summed E-state index contributed by atoms with van der Waals surface area (Å²) in [7, 11) is 2.88. The molecule has 0 saturated carbocycles. The molecule has 0 aliphatic carbocycles. The molecule has 1 atom stereocenters. The van der Waals surface area contributed by atoms with Crippen molar-refractivity contribution in [3.05, 3.63) is 23.9 Å². The predicted octanol–water partition coefficient (Wildman–Crippen LogP) is 2.05. The number of hydrogen-bond donors (Lipinski definition) is 2. The largest absolute Gasteiger partial charge is 0.469 e. The van der Waals surface area contributed by atoms with E-state index >= 15 is 0 Å². The first-order valence-corrected chi connectivity index (χ1v) is 11.1. The van der Waals surface area contributed by atoms with Crippen LogP contribution in [0, 0.1) is 0 Å². The van der Waals surface area contributed by atoms with Gasteiger partial charge in [0, 0.05) is 18.7 Å². The van der Waals surface area contributed by atoms with E-state index in [9.17, 15) is 4.79 Å². The number of unbranched alkanes of at least 4 members (excludes halogenated alkanes) is 1. The van der Waals surface area contributed by atoms with Gasteiger partial charge in [-0.15, -0.1) is 0 Å². The fraction of sp³-hybridized carbons (Fsp3) is 0.500. The number of carbonyl (C=O) groups excluding carboxylic acids is 1. The maximum atomic E-state index is 11.2. The predicted molar refractivity (Wildman–Crippen MR) is 124 cm³/mol. The van der Waals surface area contributed by atoms with Gasteiger partial charge in [0.1, 0.15) is 6.23 Å². The maximum absolute atomic E-state index is 11.2. The minimum atomic E-state index is -0.577. The van der Waals surface area contributed by atoms with Crippen LogP contribution in [-0.2, 0) is 16.1 Å². The van der Waals surface area contributed by atoms with Crippen LogP contribution in [0.5, 0.6) is 17.9 Å². The van der Waals surface area contributed by atoms with Crippen LogP contribution in [0.15, 0.2) is 18.3 Å². The number of carbonyl (C=O) groups is 1. The summed E-state index contributed by atoms with van der Waals surface area (Å²) < 4.78 is 23.1. The molecule has 1 unspecified atom stereocenters. The zero-order valence-electron chi connectivity index (χ0n) is 19.7. The molecule has 0 fully saturated rings. The third-order valence-electron chi connectivity index (χ3n) is 4.99. The van der Waals surface area contributed by atoms with Crippen LogP contribution in [0.1, 0.15) is 44.6 Å². The smallest absolute Gasteiger partial charge is 0.320 e. The summed E-state index contributed by atoms with van der Waals surface area (Å²) in [5, 5.41) is 0. The Labute approximate surface area is 197 Å². The van der Waals surface area contributed by atoms with Crippen molar-refractivity contribution < 1.29 is 23.7 Å². The molecule has 0 aliphatic rings. The molecule has 4 N–H and O–H groups in total. The molecule has 3 aromatic rings. The number of hydrogen-bond acceptors (Lipinski definition) is 11. The average Bonchev–Trinajstić information content (AvgIpc) is 3.18. The number of rotatable bonds is 13. The van der Waals surface area contributed by atoms with E-state index in [1.807, 2.05) is 6.07 Å². The van der Waals surface area contributed by atoms with E-state index in [4.69, 9.17) is 25.7 Å². The van der Waals surface area contributed by atoms with Crippen molar-refractivity contribution in [3.8, 4) is 17.9 Å². The van der Waals surface area contributed by atoms with Crippen LogP contribution in [0.4, 0.5) is 5.82 Å².